The van der Waals surface area contributed by atoms with E-state index in [2.05, 4.69) is 37.5 Å². The monoisotopic (exact) mass is 450 g/mol. The highest BCUT2D eigenvalue weighted by Crippen LogP contribution is 2.36. The molecule has 1 saturated heterocycles. The second-order valence-corrected chi connectivity index (χ2v) is 9.10. The Labute approximate surface area is 191 Å². The van der Waals surface area contributed by atoms with Gasteiger partial charge in [0.05, 0.1) is 19.0 Å². The minimum absolute atomic E-state index is 0.0941. The van der Waals surface area contributed by atoms with Gasteiger partial charge in [0, 0.05) is 47.4 Å². The van der Waals surface area contributed by atoms with E-state index in [0.29, 0.717) is 17.3 Å². The van der Waals surface area contributed by atoms with Gasteiger partial charge in [0.15, 0.2) is 5.82 Å². The van der Waals surface area contributed by atoms with Gasteiger partial charge in [0.2, 0.25) is 5.88 Å². The van der Waals surface area contributed by atoms with Crippen LogP contribution in [0.5, 0.6) is 11.6 Å². The first-order valence-electron chi connectivity index (χ1n) is 11.2. The van der Waals surface area contributed by atoms with E-state index < -0.39 is 5.82 Å². The molecule has 0 amide bonds. The summed E-state index contributed by atoms with van der Waals surface area (Å²) in [5.74, 6) is 0.441. The Balaban J connectivity index is 1.32. The summed E-state index contributed by atoms with van der Waals surface area (Å²) >= 11 is 0. The van der Waals surface area contributed by atoms with Gasteiger partial charge in [-0.2, -0.15) is 5.10 Å². The smallest absolute Gasteiger partial charge is 0.233 e. The number of halogens is 1. The Kier molecular flexibility index (Phi) is 5.57. The summed E-state index contributed by atoms with van der Waals surface area (Å²) in [5.41, 5.74) is 1.62. The van der Waals surface area contributed by atoms with Crippen molar-refractivity contribution in [1.82, 2.24) is 25.7 Å². The van der Waals surface area contributed by atoms with Crippen molar-refractivity contribution in [2.45, 2.75) is 44.2 Å². The lowest BCUT2D eigenvalue weighted by molar-refractivity contribution is 0.189. The lowest BCUT2D eigenvalue weighted by Crippen LogP contribution is -2.53. The van der Waals surface area contributed by atoms with Crippen LogP contribution in [0.1, 0.15) is 32.6 Å². The van der Waals surface area contributed by atoms with E-state index in [0.717, 1.165) is 25.3 Å². The molecule has 3 heterocycles. The maximum atomic E-state index is 14.9. The van der Waals surface area contributed by atoms with Crippen molar-refractivity contribution in [1.29, 1.82) is 0 Å². The molecular formula is C24H27FN6O2. The summed E-state index contributed by atoms with van der Waals surface area (Å²) in [5, 5.41) is 30.6. The summed E-state index contributed by atoms with van der Waals surface area (Å²) < 4.78 is 20.0. The van der Waals surface area contributed by atoms with Gasteiger partial charge >= 0.3 is 0 Å². The topological polar surface area (TPSA) is 96.3 Å². The van der Waals surface area contributed by atoms with Crippen LogP contribution in [-0.2, 0) is 0 Å². The van der Waals surface area contributed by atoms with E-state index in [9.17, 15) is 9.50 Å². The highest BCUT2D eigenvalue weighted by Gasteiger charge is 2.35. The SMILES string of the molecule is COc1cc(-c2cc(O)c(-c3ccc(N4CC[C@@H](NC5(C)CCC5)C4)nn3)cc2F)cnn1. The molecule has 5 rings (SSSR count). The van der Waals surface area contributed by atoms with E-state index in [4.69, 9.17) is 4.74 Å². The van der Waals surface area contributed by atoms with E-state index in [1.165, 1.54) is 44.7 Å². The van der Waals surface area contributed by atoms with E-state index in [-0.39, 0.29) is 28.3 Å². The number of aromatic hydroxyl groups is 1. The van der Waals surface area contributed by atoms with Crippen molar-refractivity contribution in [3.05, 3.63) is 42.3 Å². The van der Waals surface area contributed by atoms with Crippen LogP contribution in [0.4, 0.5) is 10.2 Å². The van der Waals surface area contributed by atoms with Crippen LogP contribution < -0.4 is 15.0 Å². The highest BCUT2D eigenvalue weighted by atomic mass is 19.1. The number of ether oxygens (including phenoxy) is 1. The number of rotatable bonds is 6. The molecule has 8 nitrogen and oxygen atoms in total. The van der Waals surface area contributed by atoms with Gasteiger partial charge in [-0.3, -0.25) is 0 Å². The molecule has 33 heavy (non-hydrogen) atoms. The molecule has 1 aromatic carbocycles. The molecule has 0 unspecified atom stereocenters. The van der Waals surface area contributed by atoms with E-state index >= 15 is 0 Å². The molecule has 1 atom stereocenters. The van der Waals surface area contributed by atoms with Gasteiger partial charge in [0.1, 0.15) is 11.6 Å². The quantitative estimate of drug-likeness (QED) is 0.589. The zero-order valence-electron chi connectivity index (χ0n) is 18.8. The van der Waals surface area contributed by atoms with Gasteiger partial charge < -0.3 is 20.1 Å². The predicted molar refractivity (Wildman–Crippen MR) is 123 cm³/mol. The summed E-state index contributed by atoms with van der Waals surface area (Å²) in [6.07, 6.45) is 6.26. The zero-order valence-corrected chi connectivity index (χ0v) is 18.8. The molecule has 2 aromatic heterocycles. The number of phenolic OH excluding ortho intramolecular Hbond substituents is 1. The molecule has 0 radical (unpaired) electrons. The number of anilines is 1. The number of benzene rings is 1. The Morgan fingerprint density at radius 1 is 1.15 bits per heavy atom. The first-order chi connectivity index (χ1) is 15.9. The third-order valence-corrected chi connectivity index (χ3v) is 6.69. The molecule has 0 bridgehead atoms. The van der Waals surface area contributed by atoms with Crippen molar-refractivity contribution in [2.24, 2.45) is 0 Å². The third kappa shape index (κ3) is 4.32. The average Bonchev–Trinajstić information content (AvgIpc) is 3.27. The fourth-order valence-electron chi connectivity index (χ4n) is 4.65. The molecule has 172 valence electrons. The van der Waals surface area contributed by atoms with E-state index in [1.807, 2.05) is 6.07 Å². The van der Waals surface area contributed by atoms with Gasteiger partial charge in [-0.25, -0.2) is 4.39 Å². The van der Waals surface area contributed by atoms with Gasteiger partial charge in [-0.05, 0) is 56.9 Å². The maximum Gasteiger partial charge on any atom is 0.233 e. The third-order valence-electron chi connectivity index (χ3n) is 6.69. The molecule has 1 saturated carbocycles. The molecule has 3 aromatic rings. The number of methoxy groups -OCH3 is 1. The number of hydrogen-bond acceptors (Lipinski definition) is 8. The van der Waals surface area contributed by atoms with Crippen LogP contribution in [0.15, 0.2) is 36.5 Å². The van der Waals surface area contributed by atoms with Crippen LogP contribution in [0.25, 0.3) is 22.4 Å². The normalized spacial score (nSPS) is 19.4. The molecule has 1 aliphatic carbocycles. The Hall–Kier alpha value is -3.33. The van der Waals surface area contributed by atoms with Crippen molar-refractivity contribution in [3.8, 4) is 34.0 Å². The molecule has 9 heteroatoms. The van der Waals surface area contributed by atoms with Crippen LogP contribution in [-0.4, -0.2) is 57.3 Å². The fraction of sp³-hybridized carbons (Fsp3) is 0.417. The first kappa shape index (κ1) is 21.5. The fourth-order valence-corrected chi connectivity index (χ4v) is 4.65. The Bertz CT molecular complexity index is 1150. The van der Waals surface area contributed by atoms with Crippen molar-refractivity contribution in [3.63, 3.8) is 0 Å². The average molecular weight is 451 g/mol. The highest BCUT2D eigenvalue weighted by molar-refractivity contribution is 5.75. The van der Waals surface area contributed by atoms with Gasteiger partial charge in [-0.1, -0.05) is 0 Å². The second-order valence-electron chi connectivity index (χ2n) is 9.10. The maximum absolute atomic E-state index is 14.9. The van der Waals surface area contributed by atoms with Gasteiger partial charge in [-0.15, -0.1) is 15.3 Å². The number of phenols is 1. The first-order valence-corrected chi connectivity index (χ1v) is 11.2. The van der Waals surface area contributed by atoms with Crippen LogP contribution in [0.3, 0.4) is 0 Å². The number of aromatic nitrogens is 4. The minimum Gasteiger partial charge on any atom is -0.507 e. The molecule has 2 fully saturated rings. The Morgan fingerprint density at radius 3 is 2.70 bits per heavy atom. The summed E-state index contributed by atoms with van der Waals surface area (Å²) in [6, 6.07) is 8.26. The van der Waals surface area contributed by atoms with E-state index in [1.54, 1.807) is 12.1 Å². The zero-order chi connectivity index (χ0) is 23.0. The second kappa shape index (κ2) is 8.55. The molecule has 2 aliphatic rings. The van der Waals surface area contributed by atoms with Crippen LogP contribution in [0.2, 0.25) is 0 Å². The lowest BCUT2D eigenvalue weighted by Gasteiger charge is -2.41. The minimum atomic E-state index is -0.512. The summed E-state index contributed by atoms with van der Waals surface area (Å²) in [4.78, 5) is 2.21. The number of nitrogens with zero attached hydrogens (tertiary/aromatic N) is 5. The van der Waals surface area contributed by atoms with Crippen LogP contribution >= 0.6 is 0 Å². The standard InChI is InChI=1S/C24H27FN6O2/c1-24(7-3-8-24)27-16-6-9-31(14-16)22-5-4-20(28-29-22)18-11-19(25)17(12-21(18)32)15-10-23(33-2)30-26-13-15/h4-5,10-13,16,27,32H,3,6-9,14H2,1-2H3/t16-/m1/s1. The largest absolute Gasteiger partial charge is 0.507 e. The molecule has 2 N–H and O–H groups in total. The van der Waals surface area contributed by atoms with Crippen molar-refractivity contribution < 1.29 is 14.2 Å². The van der Waals surface area contributed by atoms with Crippen LogP contribution in [0, 0.1) is 5.82 Å². The summed E-state index contributed by atoms with van der Waals surface area (Å²) in [6.45, 7) is 4.10. The molecule has 1 aliphatic heterocycles. The lowest BCUT2D eigenvalue weighted by atomic mass is 9.78. The van der Waals surface area contributed by atoms with Crippen molar-refractivity contribution >= 4 is 5.82 Å². The molecular weight excluding hydrogens is 423 g/mol. The number of nitrogens with one attached hydrogen (secondary N) is 1. The predicted octanol–water partition coefficient (Wildman–Crippen LogP) is 3.56. The summed E-state index contributed by atoms with van der Waals surface area (Å²) in [7, 11) is 1.46. The van der Waals surface area contributed by atoms with Crippen molar-refractivity contribution in [2.75, 3.05) is 25.1 Å². The molecule has 0 spiro atoms. The van der Waals surface area contributed by atoms with Gasteiger partial charge in [0.25, 0.3) is 0 Å². The Morgan fingerprint density at radius 2 is 2.00 bits per heavy atom. The number of hydrogen-bond donors (Lipinski definition) is 2.